The molecule has 0 aromatic rings. The van der Waals surface area contributed by atoms with Gasteiger partial charge in [0.15, 0.2) is 0 Å². The van der Waals surface area contributed by atoms with Gasteiger partial charge in [-0.25, -0.2) is 0 Å². The number of nitrogens with zero attached hydrogens (tertiary/aromatic N) is 1. The molecule has 0 aliphatic carbocycles. The Bertz CT molecular complexity index is 190. The minimum atomic E-state index is -0.785. The highest BCUT2D eigenvalue weighted by atomic mass is 35.5. The van der Waals surface area contributed by atoms with Gasteiger partial charge < -0.3 is 15.1 Å². The molecule has 1 rings (SSSR count). The summed E-state index contributed by atoms with van der Waals surface area (Å²) >= 11 is 5.49. The van der Waals surface area contributed by atoms with Gasteiger partial charge in [0.2, 0.25) is 5.91 Å². The molecule has 1 heterocycles. The van der Waals surface area contributed by atoms with E-state index in [0.29, 0.717) is 12.3 Å². The van der Waals surface area contributed by atoms with Crippen molar-refractivity contribution in [2.75, 3.05) is 19.0 Å². The normalized spacial score (nSPS) is 26.9. The third-order valence-electron chi connectivity index (χ3n) is 2.39. The van der Waals surface area contributed by atoms with Gasteiger partial charge in [0.05, 0.1) is 12.2 Å². The molecule has 1 saturated heterocycles. The Kier molecular flexibility index (Phi) is 4.65. The van der Waals surface area contributed by atoms with Crippen LogP contribution in [-0.2, 0) is 4.79 Å². The van der Waals surface area contributed by atoms with Gasteiger partial charge in [0, 0.05) is 25.4 Å². The number of carbonyl (C=O) groups excluding carboxylic acids is 1. The molecule has 5 heteroatoms. The van der Waals surface area contributed by atoms with Crippen LogP contribution in [0.4, 0.5) is 0 Å². The van der Waals surface area contributed by atoms with Gasteiger partial charge >= 0.3 is 0 Å². The van der Waals surface area contributed by atoms with Crippen LogP contribution in [0, 0.1) is 0 Å². The van der Waals surface area contributed by atoms with E-state index in [1.165, 1.54) is 4.90 Å². The lowest BCUT2D eigenvalue weighted by atomic mass is 10.2. The van der Waals surface area contributed by atoms with E-state index in [0.717, 1.165) is 12.8 Å². The van der Waals surface area contributed by atoms with Crippen molar-refractivity contribution in [1.29, 1.82) is 0 Å². The molecule has 0 aromatic heterocycles. The van der Waals surface area contributed by atoms with Crippen molar-refractivity contribution in [2.24, 2.45) is 0 Å². The monoisotopic (exact) mass is 221 g/mol. The second-order valence-electron chi connectivity index (χ2n) is 3.58. The predicted octanol–water partition coefficient (Wildman–Crippen LogP) is -0.0405. The molecule has 0 spiro atoms. The third kappa shape index (κ3) is 3.12. The molecule has 14 heavy (non-hydrogen) atoms. The van der Waals surface area contributed by atoms with Crippen LogP contribution in [0.5, 0.6) is 0 Å². The van der Waals surface area contributed by atoms with Crippen molar-refractivity contribution in [2.45, 2.75) is 31.5 Å². The highest BCUT2D eigenvalue weighted by Gasteiger charge is 2.31. The highest BCUT2D eigenvalue weighted by Crippen LogP contribution is 2.12. The smallest absolute Gasteiger partial charge is 0.222 e. The summed E-state index contributed by atoms with van der Waals surface area (Å²) in [6.07, 6.45) is 0.475. The molecule has 1 aliphatic heterocycles. The fourth-order valence-electron chi connectivity index (χ4n) is 1.50. The van der Waals surface area contributed by atoms with E-state index in [9.17, 15) is 15.0 Å². The van der Waals surface area contributed by atoms with E-state index >= 15 is 0 Å². The first-order chi connectivity index (χ1) is 6.65. The predicted molar refractivity (Wildman–Crippen MR) is 53.2 cm³/mol. The van der Waals surface area contributed by atoms with E-state index in [1.54, 1.807) is 0 Å². The van der Waals surface area contributed by atoms with Crippen LogP contribution in [0.3, 0.4) is 0 Å². The van der Waals surface area contributed by atoms with Gasteiger partial charge in [-0.2, -0.15) is 0 Å². The Morgan fingerprint density at radius 3 is 2.36 bits per heavy atom. The van der Waals surface area contributed by atoms with Crippen molar-refractivity contribution in [3.05, 3.63) is 0 Å². The number of unbranched alkanes of at least 4 members (excludes halogenated alkanes) is 1. The second-order valence-corrected chi connectivity index (χ2v) is 3.96. The zero-order valence-electron chi connectivity index (χ0n) is 8.03. The SMILES string of the molecule is O=C(CCCCCl)N1CC(O)C(O)C1. The van der Waals surface area contributed by atoms with Crippen molar-refractivity contribution in [3.8, 4) is 0 Å². The molecular formula is C9H16ClNO3. The Balaban J connectivity index is 2.25. The number of halogens is 1. The lowest BCUT2D eigenvalue weighted by molar-refractivity contribution is -0.130. The summed E-state index contributed by atoms with van der Waals surface area (Å²) in [7, 11) is 0. The van der Waals surface area contributed by atoms with E-state index < -0.39 is 12.2 Å². The van der Waals surface area contributed by atoms with E-state index in [1.807, 2.05) is 0 Å². The van der Waals surface area contributed by atoms with Crippen LogP contribution in [-0.4, -0.2) is 52.2 Å². The molecule has 0 radical (unpaired) electrons. The molecule has 82 valence electrons. The number of amides is 1. The Morgan fingerprint density at radius 2 is 1.86 bits per heavy atom. The number of carbonyl (C=O) groups is 1. The number of likely N-dealkylation sites (tertiary alicyclic amines) is 1. The number of β-amino-alcohol motifs (C(OH)–C–C–N with tert-alkyl or cyclic N) is 2. The van der Waals surface area contributed by atoms with E-state index in [-0.39, 0.29) is 19.0 Å². The Morgan fingerprint density at radius 1 is 1.29 bits per heavy atom. The standard InChI is InChI=1S/C9H16ClNO3/c10-4-2-1-3-9(14)11-5-7(12)8(13)6-11/h7-8,12-13H,1-6H2. The lowest BCUT2D eigenvalue weighted by Crippen LogP contribution is -2.29. The largest absolute Gasteiger partial charge is 0.388 e. The van der Waals surface area contributed by atoms with E-state index in [4.69, 9.17) is 11.6 Å². The first-order valence-electron chi connectivity index (χ1n) is 4.85. The molecule has 0 bridgehead atoms. The first kappa shape index (κ1) is 11.8. The maximum atomic E-state index is 11.5. The topological polar surface area (TPSA) is 60.8 Å². The molecule has 1 aliphatic rings. The Labute approximate surface area is 88.5 Å². The summed E-state index contributed by atoms with van der Waals surface area (Å²) in [4.78, 5) is 13.0. The summed E-state index contributed by atoms with van der Waals surface area (Å²) in [5.74, 6) is 0.559. The number of hydrogen-bond acceptors (Lipinski definition) is 3. The molecule has 2 atom stereocenters. The van der Waals surface area contributed by atoms with Crippen LogP contribution in [0.2, 0.25) is 0 Å². The Hall–Kier alpha value is -0.320. The van der Waals surface area contributed by atoms with Crippen molar-refractivity contribution >= 4 is 17.5 Å². The number of alkyl halides is 1. The van der Waals surface area contributed by atoms with Gasteiger partial charge in [0.25, 0.3) is 0 Å². The molecule has 4 nitrogen and oxygen atoms in total. The van der Waals surface area contributed by atoms with Gasteiger partial charge in [-0.05, 0) is 12.8 Å². The molecule has 0 aromatic carbocycles. The minimum absolute atomic E-state index is 0.00860. The first-order valence-corrected chi connectivity index (χ1v) is 5.38. The van der Waals surface area contributed by atoms with Gasteiger partial charge in [0.1, 0.15) is 0 Å². The average molecular weight is 222 g/mol. The van der Waals surface area contributed by atoms with Crippen molar-refractivity contribution in [3.63, 3.8) is 0 Å². The minimum Gasteiger partial charge on any atom is -0.388 e. The maximum absolute atomic E-state index is 11.5. The number of aliphatic hydroxyl groups excluding tert-OH is 2. The quantitative estimate of drug-likeness (QED) is 0.517. The number of hydrogen-bond donors (Lipinski definition) is 2. The summed E-state index contributed by atoms with van der Waals surface area (Å²) in [5.41, 5.74) is 0. The van der Waals surface area contributed by atoms with Gasteiger partial charge in [-0.15, -0.1) is 11.6 Å². The average Bonchev–Trinajstić information content (AvgIpc) is 2.47. The van der Waals surface area contributed by atoms with Crippen LogP contribution >= 0.6 is 11.6 Å². The second kappa shape index (κ2) is 5.53. The zero-order valence-corrected chi connectivity index (χ0v) is 8.78. The number of aliphatic hydroxyl groups is 2. The fourth-order valence-corrected chi connectivity index (χ4v) is 1.69. The molecule has 1 fully saturated rings. The highest BCUT2D eigenvalue weighted by molar-refractivity contribution is 6.17. The summed E-state index contributed by atoms with van der Waals surface area (Å²) in [6.45, 7) is 0.502. The molecule has 2 unspecified atom stereocenters. The van der Waals surface area contributed by atoms with Gasteiger partial charge in [-0.1, -0.05) is 0 Å². The van der Waals surface area contributed by atoms with Crippen molar-refractivity contribution in [1.82, 2.24) is 4.90 Å². The fraction of sp³-hybridized carbons (Fsp3) is 0.889. The summed E-state index contributed by atoms with van der Waals surface area (Å²) in [6, 6.07) is 0. The van der Waals surface area contributed by atoms with Crippen LogP contribution < -0.4 is 0 Å². The molecule has 2 N–H and O–H groups in total. The molecule has 1 amide bonds. The van der Waals surface area contributed by atoms with E-state index in [2.05, 4.69) is 0 Å². The molecule has 0 saturated carbocycles. The van der Waals surface area contributed by atoms with Crippen LogP contribution in [0.15, 0.2) is 0 Å². The van der Waals surface area contributed by atoms with Crippen LogP contribution in [0.25, 0.3) is 0 Å². The maximum Gasteiger partial charge on any atom is 0.222 e. The van der Waals surface area contributed by atoms with Crippen molar-refractivity contribution < 1.29 is 15.0 Å². The third-order valence-corrected chi connectivity index (χ3v) is 2.65. The zero-order chi connectivity index (χ0) is 10.6. The summed E-state index contributed by atoms with van der Waals surface area (Å²) in [5, 5.41) is 18.4. The summed E-state index contributed by atoms with van der Waals surface area (Å²) < 4.78 is 0. The number of rotatable bonds is 4. The van der Waals surface area contributed by atoms with Crippen LogP contribution in [0.1, 0.15) is 19.3 Å². The van der Waals surface area contributed by atoms with Gasteiger partial charge in [-0.3, -0.25) is 4.79 Å². The lowest BCUT2D eigenvalue weighted by Gasteiger charge is -2.14. The molecular weight excluding hydrogens is 206 g/mol.